The summed E-state index contributed by atoms with van der Waals surface area (Å²) in [5.74, 6) is 1.13. The third-order valence-corrected chi connectivity index (χ3v) is 4.38. The smallest absolute Gasteiger partial charge is 0.250 e. The molecule has 0 heterocycles. The minimum Gasteiger partial charge on any atom is -0.507 e. The molecule has 4 nitrogen and oxygen atoms in total. The second-order valence-corrected chi connectivity index (χ2v) is 6.15. The average Bonchev–Trinajstić information content (AvgIpc) is 2.55. The van der Waals surface area contributed by atoms with E-state index in [4.69, 9.17) is 0 Å². The van der Waals surface area contributed by atoms with Gasteiger partial charge in [-0.15, -0.1) is 11.8 Å². The predicted molar refractivity (Wildman–Crippen MR) is 95.8 cm³/mol. The van der Waals surface area contributed by atoms with E-state index in [0.29, 0.717) is 17.0 Å². The summed E-state index contributed by atoms with van der Waals surface area (Å²) in [5.41, 5.74) is 6.17. The van der Waals surface area contributed by atoms with Gasteiger partial charge in [-0.05, 0) is 37.1 Å². The lowest BCUT2D eigenvalue weighted by Crippen LogP contribution is -2.21. The SMILES string of the molecule is CC(=NNC(=O)CSCc1ccccc1C)c1ccccc1O. The Morgan fingerprint density at radius 3 is 2.61 bits per heavy atom. The zero-order valence-electron chi connectivity index (χ0n) is 13.2. The minimum atomic E-state index is -0.154. The first-order valence-corrected chi connectivity index (χ1v) is 8.47. The number of aryl methyl sites for hydroxylation is 1. The van der Waals surface area contributed by atoms with Crippen LogP contribution >= 0.6 is 11.8 Å². The molecular formula is C18H20N2O2S. The van der Waals surface area contributed by atoms with Crippen molar-refractivity contribution in [2.45, 2.75) is 19.6 Å². The molecule has 2 rings (SSSR count). The molecule has 2 aromatic carbocycles. The number of carbonyl (C=O) groups excluding carboxylic acids is 1. The van der Waals surface area contributed by atoms with E-state index in [9.17, 15) is 9.90 Å². The zero-order chi connectivity index (χ0) is 16.7. The van der Waals surface area contributed by atoms with Gasteiger partial charge in [0.2, 0.25) is 5.91 Å². The Morgan fingerprint density at radius 2 is 1.87 bits per heavy atom. The number of para-hydroxylation sites is 1. The predicted octanol–water partition coefficient (Wildman–Crippen LogP) is 3.47. The van der Waals surface area contributed by atoms with Gasteiger partial charge in [0.05, 0.1) is 11.5 Å². The first-order valence-electron chi connectivity index (χ1n) is 7.31. The van der Waals surface area contributed by atoms with Crippen LogP contribution in [0.4, 0.5) is 0 Å². The van der Waals surface area contributed by atoms with Gasteiger partial charge in [-0.1, -0.05) is 36.4 Å². The van der Waals surface area contributed by atoms with Crippen LogP contribution in [0.2, 0.25) is 0 Å². The summed E-state index contributed by atoms with van der Waals surface area (Å²) in [4.78, 5) is 11.8. The van der Waals surface area contributed by atoms with Crippen LogP contribution in [0.5, 0.6) is 5.75 Å². The number of nitrogens with zero attached hydrogens (tertiary/aromatic N) is 1. The van der Waals surface area contributed by atoms with Gasteiger partial charge in [0, 0.05) is 11.3 Å². The number of amides is 1. The van der Waals surface area contributed by atoms with Gasteiger partial charge < -0.3 is 5.11 Å². The molecule has 0 saturated heterocycles. The topological polar surface area (TPSA) is 61.7 Å². The van der Waals surface area contributed by atoms with E-state index in [-0.39, 0.29) is 11.7 Å². The Kier molecular flexibility index (Phi) is 6.23. The molecule has 2 N–H and O–H groups in total. The molecule has 5 heteroatoms. The molecule has 0 radical (unpaired) electrons. The number of thioether (sulfide) groups is 1. The van der Waals surface area contributed by atoms with E-state index in [1.165, 1.54) is 11.1 Å². The van der Waals surface area contributed by atoms with Crippen molar-refractivity contribution in [2.75, 3.05) is 5.75 Å². The Labute approximate surface area is 140 Å². The normalized spacial score (nSPS) is 11.3. The van der Waals surface area contributed by atoms with Crippen LogP contribution in [0, 0.1) is 6.92 Å². The van der Waals surface area contributed by atoms with E-state index in [1.807, 2.05) is 18.2 Å². The molecule has 23 heavy (non-hydrogen) atoms. The number of hydrogen-bond donors (Lipinski definition) is 2. The van der Waals surface area contributed by atoms with Crippen molar-refractivity contribution >= 4 is 23.4 Å². The lowest BCUT2D eigenvalue weighted by Gasteiger charge is -2.06. The summed E-state index contributed by atoms with van der Waals surface area (Å²) in [5, 5.41) is 13.8. The van der Waals surface area contributed by atoms with E-state index < -0.39 is 0 Å². The molecule has 0 fully saturated rings. The van der Waals surface area contributed by atoms with Crippen molar-refractivity contribution in [3.8, 4) is 5.75 Å². The molecular weight excluding hydrogens is 308 g/mol. The largest absolute Gasteiger partial charge is 0.507 e. The third-order valence-electron chi connectivity index (χ3n) is 3.39. The van der Waals surface area contributed by atoms with Gasteiger partial charge in [0.25, 0.3) is 0 Å². The number of rotatable bonds is 6. The second kappa shape index (κ2) is 8.39. The number of aromatic hydroxyl groups is 1. The maximum atomic E-state index is 11.8. The van der Waals surface area contributed by atoms with Crippen LogP contribution in [0.15, 0.2) is 53.6 Å². The molecule has 0 spiro atoms. The Balaban J connectivity index is 1.82. The van der Waals surface area contributed by atoms with Gasteiger partial charge in [-0.25, -0.2) is 5.43 Å². The van der Waals surface area contributed by atoms with Crippen molar-refractivity contribution < 1.29 is 9.90 Å². The molecule has 0 aliphatic rings. The van der Waals surface area contributed by atoms with Gasteiger partial charge in [-0.3, -0.25) is 4.79 Å². The fourth-order valence-corrected chi connectivity index (χ4v) is 2.94. The lowest BCUT2D eigenvalue weighted by molar-refractivity contribution is -0.118. The van der Waals surface area contributed by atoms with E-state index in [1.54, 1.807) is 36.9 Å². The van der Waals surface area contributed by atoms with E-state index in [0.717, 1.165) is 5.75 Å². The van der Waals surface area contributed by atoms with Gasteiger partial charge in [0.15, 0.2) is 0 Å². The van der Waals surface area contributed by atoms with Crippen molar-refractivity contribution in [3.63, 3.8) is 0 Å². The van der Waals surface area contributed by atoms with Crippen molar-refractivity contribution in [1.29, 1.82) is 0 Å². The Morgan fingerprint density at radius 1 is 1.17 bits per heavy atom. The van der Waals surface area contributed by atoms with Crippen molar-refractivity contribution in [2.24, 2.45) is 5.10 Å². The number of carbonyl (C=O) groups is 1. The summed E-state index contributed by atoms with van der Waals surface area (Å²) >= 11 is 1.55. The van der Waals surface area contributed by atoms with Crippen molar-refractivity contribution in [1.82, 2.24) is 5.43 Å². The van der Waals surface area contributed by atoms with Gasteiger partial charge in [-0.2, -0.15) is 5.10 Å². The van der Waals surface area contributed by atoms with Crippen molar-refractivity contribution in [3.05, 3.63) is 65.2 Å². The number of nitrogens with one attached hydrogen (secondary N) is 1. The molecule has 2 aromatic rings. The summed E-state index contributed by atoms with van der Waals surface area (Å²) in [6, 6.07) is 15.1. The first-order chi connectivity index (χ1) is 11.1. The standard InChI is InChI=1S/C18H20N2O2S/c1-13-7-3-4-8-15(13)11-23-12-18(22)20-19-14(2)16-9-5-6-10-17(16)21/h3-10,21H,11-12H2,1-2H3,(H,20,22). The fraction of sp³-hybridized carbons (Fsp3) is 0.222. The Bertz CT molecular complexity index is 714. The first kappa shape index (κ1) is 17.1. The number of hydrogen-bond acceptors (Lipinski definition) is 4. The van der Waals surface area contributed by atoms with Crippen LogP contribution in [-0.2, 0) is 10.5 Å². The highest BCUT2D eigenvalue weighted by atomic mass is 32.2. The fourth-order valence-electron chi connectivity index (χ4n) is 2.04. The molecule has 120 valence electrons. The average molecular weight is 328 g/mol. The van der Waals surface area contributed by atoms with Crippen LogP contribution in [0.1, 0.15) is 23.6 Å². The van der Waals surface area contributed by atoms with Crippen LogP contribution in [0.25, 0.3) is 0 Å². The molecule has 0 aliphatic carbocycles. The van der Waals surface area contributed by atoms with E-state index in [2.05, 4.69) is 29.6 Å². The molecule has 1 amide bonds. The molecule has 0 aliphatic heterocycles. The van der Waals surface area contributed by atoms with Crippen LogP contribution < -0.4 is 5.43 Å². The number of hydrazone groups is 1. The maximum absolute atomic E-state index is 11.8. The Hall–Kier alpha value is -2.27. The maximum Gasteiger partial charge on any atom is 0.250 e. The summed E-state index contributed by atoms with van der Waals surface area (Å²) < 4.78 is 0. The van der Waals surface area contributed by atoms with E-state index >= 15 is 0 Å². The summed E-state index contributed by atoms with van der Waals surface area (Å²) in [6.45, 7) is 3.81. The lowest BCUT2D eigenvalue weighted by atomic mass is 10.1. The second-order valence-electron chi connectivity index (χ2n) is 5.17. The highest BCUT2D eigenvalue weighted by Gasteiger charge is 2.05. The number of benzene rings is 2. The summed E-state index contributed by atoms with van der Waals surface area (Å²) in [7, 11) is 0. The molecule has 0 saturated carbocycles. The zero-order valence-corrected chi connectivity index (χ0v) is 14.1. The highest BCUT2D eigenvalue weighted by molar-refractivity contribution is 7.99. The van der Waals surface area contributed by atoms with Crippen LogP contribution in [0.3, 0.4) is 0 Å². The molecule has 0 bridgehead atoms. The summed E-state index contributed by atoms with van der Waals surface area (Å²) in [6.07, 6.45) is 0. The monoisotopic (exact) mass is 328 g/mol. The van der Waals surface area contributed by atoms with Gasteiger partial charge in [0.1, 0.15) is 5.75 Å². The van der Waals surface area contributed by atoms with Crippen LogP contribution in [-0.4, -0.2) is 22.5 Å². The molecule has 0 unspecified atom stereocenters. The number of phenols is 1. The highest BCUT2D eigenvalue weighted by Crippen LogP contribution is 2.17. The third kappa shape index (κ3) is 5.14. The number of phenolic OH excluding ortho intramolecular Hbond substituents is 1. The molecule has 0 aromatic heterocycles. The minimum absolute atomic E-state index is 0.150. The quantitative estimate of drug-likeness (QED) is 0.630. The van der Waals surface area contributed by atoms with Gasteiger partial charge >= 0.3 is 0 Å². The molecule has 0 atom stereocenters.